The van der Waals surface area contributed by atoms with Crippen LogP contribution in [0.3, 0.4) is 0 Å². The second-order valence-electron chi connectivity index (χ2n) is 5.52. The van der Waals surface area contributed by atoms with Crippen LogP contribution < -0.4 is 0 Å². The maximum atomic E-state index is 12.7. The summed E-state index contributed by atoms with van der Waals surface area (Å²) in [4.78, 5) is 24.4. The molecule has 2 heterocycles. The molecular weight excluding hydrogens is 402 g/mol. The number of sulfonamides is 1. The molecule has 0 spiro atoms. The molecule has 0 atom stereocenters. The van der Waals surface area contributed by atoms with Crippen molar-refractivity contribution in [3.8, 4) is 0 Å². The summed E-state index contributed by atoms with van der Waals surface area (Å²) in [6.07, 6.45) is 0. The summed E-state index contributed by atoms with van der Waals surface area (Å²) in [6.45, 7) is 0.669. The fourth-order valence-electron chi connectivity index (χ4n) is 2.62. The zero-order valence-electron chi connectivity index (χ0n) is 13.4. The number of benzene rings is 1. The van der Waals surface area contributed by atoms with Crippen LogP contribution in [0, 0.1) is 10.1 Å². The molecule has 26 heavy (non-hydrogen) atoms. The Morgan fingerprint density at radius 2 is 1.77 bits per heavy atom. The van der Waals surface area contributed by atoms with E-state index >= 15 is 0 Å². The fraction of sp³-hybridized carbons (Fsp3) is 0.267. The lowest BCUT2D eigenvalue weighted by Crippen LogP contribution is -2.50. The van der Waals surface area contributed by atoms with Crippen molar-refractivity contribution in [1.82, 2.24) is 9.21 Å². The highest BCUT2D eigenvalue weighted by Crippen LogP contribution is 2.27. The Morgan fingerprint density at radius 1 is 1.12 bits per heavy atom. The maximum absolute atomic E-state index is 12.7. The van der Waals surface area contributed by atoms with Gasteiger partial charge in [-0.2, -0.15) is 4.31 Å². The molecule has 0 unspecified atom stereocenters. The fourth-order valence-corrected chi connectivity index (χ4v) is 5.32. The van der Waals surface area contributed by atoms with Crippen molar-refractivity contribution in [2.45, 2.75) is 4.90 Å². The van der Waals surface area contributed by atoms with Crippen molar-refractivity contribution >= 4 is 43.9 Å². The van der Waals surface area contributed by atoms with Crippen LogP contribution in [0.25, 0.3) is 0 Å². The van der Waals surface area contributed by atoms with E-state index in [9.17, 15) is 23.3 Å². The predicted molar refractivity (Wildman–Crippen MR) is 97.1 cm³/mol. The minimum Gasteiger partial charge on any atom is -0.335 e. The molecule has 1 aliphatic heterocycles. The molecule has 138 valence electrons. The first-order chi connectivity index (χ1) is 12.3. The van der Waals surface area contributed by atoms with E-state index in [4.69, 9.17) is 11.6 Å². The van der Waals surface area contributed by atoms with Gasteiger partial charge in [0.2, 0.25) is 10.0 Å². The summed E-state index contributed by atoms with van der Waals surface area (Å²) in [5, 5.41) is 10.8. The molecule has 8 nitrogen and oxygen atoms in total. The number of thiophene rings is 1. The summed E-state index contributed by atoms with van der Waals surface area (Å²) >= 11 is 6.80. The minimum atomic E-state index is -3.74. The summed E-state index contributed by atoms with van der Waals surface area (Å²) in [7, 11) is -3.74. The Labute approximate surface area is 158 Å². The summed E-state index contributed by atoms with van der Waals surface area (Å²) in [6, 6.07) is 8.91. The maximum Gasteiger partial charge on any atom is 0.324 e. The third-order valence-electron chi connectivity index (χ3n) is 3.96. The number of halogens is 1. The summed E-state index contributed by atoms with van der Waals surface area (Å²) in [5.74, 6) is -0.335. The number of carbonyl (C=O) groups is 1. The average Bonchev–Trinajstić information content (AvgIpc) is 3.12. The van der Waals surface area contributed by atoms with Crippen molar-refractivity contribution in [2.24, 2.45) is 0 Å². The number of carbonyl (C=O) groups excluding carboxylic acids is 1. The lowest BCUT2D eigenvalue weighted by Gasteiger charge is -2.33. The summed E-state index contributed by atoms with van der Waals surface area (Å²) < 4.78 is 26.7. The van der Waals surface area contributed by atoms with Gasteiger partial charge in [-0.25, -0.2) is 8.42 Å². The van der Waals surface area contributed by atoms with Crippen molar-refractivity contribution in [1.29, 1.82) is 0 Å². The van der Waals surface area contributed by atoms with E-state index in [0.717, 1.165) is 11.3 Å². The number of rotatable bonds is 4. The highest BCUT2D eigenvalue weighted by Gasteiger charge is 2.32. The normalized spacial score (nSPS) is 15.8. The first kappa shape index (κ1) is 18.8. The highest BCUT2D eigenvalue weighted by molar-refractivity contribution is 7.89. The topological polar surface area (TPSA) is 101 Å². The van der Waals surface area contributed by atoms with Gasteiger partial charge in [-0.1, -0.05) is 35.1 Å². The molecule has 1 aliphatic rings. The van der Waals surface area contributed by atoms with E-state index in [2.05, 4.69) is 0 Å². The van der Waals surface area contributed by atoms with Gasteiger partial charge in [-0.15, -0.1) is 0 Å². The van der Waals surface area contributed by atoms with E-state index in [1.165, 1.54) is 33.5 Å². The highest BCUT2D eigenvalue weighted by atomic mass is 35.5. The monoisotopic (exact) mass is 415 g/mol. The molecule has 2 aromatic rings. The molecule has 1 saturated heterocycles. The van der Waals surface area contributed by atoms with Crippen LogP contribution >= 0.6 is 22.9 Å². The second-order valence-corrected chi connectivity index (χ2v) is 8.90. The Kier molecular flexibility index (Phi) is 5.28. The Bertz CT molecular complexity index is 952. The SMILES string of the molecule is O=C(c1ccc([N+](=O)[O-])s1)N1CCN(S(=O)(=O)c2ccccc2Cl)CC1. The molecular formula is C15H14ClN3O5S2. The van der Waals surface area contributed by atoms with Gasteiger partial charge >= 0.3 is 5.00 Å². The first-order valence-electron chi connectivity index (χ1n) is 7.59. The number of nitrogens with zero attached hydrogens (tertiary/aromatic N) is 3. The average molecular weight is 416 g/mol. The largest absolute Gasteiger partial charge is 0.335 e. The standard InChI is InChI=1S/C15H14ClN3O5S2/c16-11-3-1-2-4-13(11)26(23,24)18-9-7-17(8-10-18)15(20)12-5-6-14(25-12)19(21)22/h1-6H,7-10H2. The third-order valence-corrected chi connectivity index (χ3v) is 7.39. The number of nitro groups is 1. The minimum absolute atomic E-state index is 0.0373. The van der Waals surface area contributed by atoms with E-state index in [1.54, 1.807) is 12.1 Å². The second kappa shape index (κ2) is 7.31. The number of amides is 1. The van der Waals surface area contributed by atoms with Crippen LogP contribution in [0.5, 0.6) is 0 Å². The first-order valence-corrected chi connectivity index (χ1v) is 10.2. The van der Waals surface area contributed by atoms with Gasteiger partial charge < -0.3 is 4.90 Å². The van der Waals surface area contributed by atoms with Crippen molar-refractivity contribution in [3.63, 3.8) is 0 Å². The van der Waals surface area contributed by atoms with E-state index in [1.807, 2.05) is 0 Å². The van der Waals surface area contributed by atoms with Crippen LogP contribution in [0.2, 0.25) is 5.02 Å². The van der Waals surface area contributed by atoms with E-state index in [0.29, 0.717) is 0 Å². The van der Waals surface area contributed by atoms with Gasteiger partial charge in [0.15, 0.2) is 0 Å². The van der Waals surface area contributed by atoms with Gasteiger partial charge in [0.25, 0.3) is 5.91 Å². The molecule has 0 aliphatic carbocycles. The zero-order chi connectivity index (χ0) is 18.9. The summed E-state index contributed by atoms with van der Waals surface area (Å²) in [5.41, 5.74) is 0. The Balaban J connectivity index is 1.70. The molecule has 0 N–H and O–H groups in total. The molecule has 1 aromatic heterocycles. The number of hydrogen-bond donors (Lipinski definition) is 0. The van der Waals surface area contributed by atoms with E-state index in [-0.39, 0.29) is 51.9 Å². The molecule has 3 rings (SSSR count). The van der Waals surface area contributed by atoms with Gasteiger partial charge in [0.05, 0.1) is 14.8 Å². The van der Waals surface area contributed by atoms with Crippen LogP contribution in [-0.2, 0) is 10.0 Å². The lowest BCUT2D eigenvalue weighted by atomic mass is 10.3. The molecule has 0 radical (unpaired) electrons. The van der Waals surface area contributed by atoms with Gasteiger partial charge in [-0.3, -0.25) is 14.9 Å². The molecule has 1 fully saturated rings. The van der Waals surface area contributed by atoms with Crippen LogP contribution in [0.4, 0.5) is 5.00 Å². The van der Waals surface area contributed by atoms with Gasteiger partial charge in [-0.05, 0) is 18.2 Å². The molecule has 1 aromatic carbocycles. The number of hydrogen-bond acceptors (Lipinski definition) is 6. The van der Waals surface area contributed by atoms with Crippen LogP contribution in [0.15, 0.2) is 41.3 Å². The molecule has 0 bridgehead atoms. The molecule has 1 amide bonds. The van der Waals surface area contributed by atoms with Gasteiger partial charge in [0, 0.05) is 32.2 Å². The number of piperazine rings is 1. The third kappa shape index (κ3) is 3.58. The van der Waals surface area contributed by atoms with Crippen molar-refractivity contribution in [3.05, 3.63) is 56.4 Å². The van der Waals surface area contributed by atoms with Crippen LogP contribution in [0.1, 0.15) is 9.67 Å². The quantitative estimate of drug-likeness (QED) is 0.564. The Hall–Kier alpha value is -2.01. The van der Waals surface area contributed by atoms with Crippen molar-refractivity contribution in [2.75, 3.05) is 26.2 Å². The predicted octanol–water partition coefficient (Wildman–Crippen LogP) is 2.46. The molecule has 11 heteroatoms. The van der Waals surface area contributed by atoms with Gasteiger partial charge in [0.1, 0.15) is 4.90 Å². The zero-order valence-corrected chi connectivity index (χ0v) is 15.8. The van der Waals surface area contributed by atoms with E-state index < -0.39 is 14.9 Å². The van der Waals surface area contributed by atoms with Crippen LogP contribution in [-0.4, -0.2) is 54.6 Å². The lowest BCUT2D eigenvalue weighted by molar-refractivity contribution is -0.380. The smallest absolute Gasteiger partial charge is 0.324 e. The molecule has 0 saturated carbocycles. The van der Waals surface area contributed by atoms with Crippen molar-refractivity contribution < 1.29 is 18.1 Å². The Morgan fingerprint density at radius 3 is 2.35 bits per heavy atom.